The van der Waals surface area contributed by atoms with Crippen molar-refractivity contribution in [3.05, 3.63) is 30.7 Å². The van der Waals surface area contributed by atoms with Crippen LogP contribution in [0.1, 0.15) is 19.3 Å². The van der Waals surface area contributed by atoms with Crippen molar-refractivity contribution < 1.29 is 0 Å². The third-order valence-corrected chi connectivity index (χ3v) is 5.64. The van der Waals surface area contributed by atoms with Crippen LogP contribution in [0.3, 0.4) is 0 Å². The summed E-state index contributed by atoms with van der Waals surface area (Å²) in [5, 5.41) is 2.40. The zero-order valence-electron chi connectivity index (χ0n) is 14.1. The zero-order valence-corrected chi connectivity index (χ0v) is 14.1. The average molecular weight is 321 g/mol. The van der Waals surface area contributed by atoms with E-state index >= 15 is 0 Å². The van der Waals surface area contributed by atoms with E-state index < -0.39 is 0 Å². The predicted octanol–water partition coefficient (Wildman–Crippen LogP) is 3.03. The number of aromatic amines is 1. The van der Waals surface area contributed by atoms with Gasteiger partial charge in [0.15, 0.2) is 5.65 Å². The first-order chi connectivity index (χ1) is 11.8. The van der Waals surface area contributed by atoms with Gasteiger partial charge in [0, 0.05) is 54.5 Å². The van der Waals surface area contributed by atoms with Gasteiger partial charge in [0.1, 0.15) is 0 Å². The van der Waals surface area contributed by atoms with Crippen LogP contribution in [0.4, 0.5) is 5.69 Å². The van der Waals surface area contributed by atoms with E-state index in [4.69, 9.17) is 0 Å². The van der Waals surface area contributed by atoms with Crippen LogP contribution < -0.4 is 4.90 Å². The predicted molar refractivity (Wildman–Crippen MR) is 97.4 cm³/mol. The second kappa shape index (κ2) is 5.45. The summed E-state index contributed by atoms with van der Waals surface area (Å²) in [4.78, 5) is 17.3. The number of H-pyrrole nitrogens is 1. The summed E-state index contributed by atoms with van der Waals surface area (Å²) in [5.41, 5.74) is 3.24. The fourth-order valence-corrected chi connectivity index (χ4v) is 4.08. The number of rotatable bonds is 4. The van der Waals surface area contributed by atoms with Crippen LogP contribution in [-0.2, 0) is 0 Å². The Hall–Kier alpha value is -2.14. The lowest BCUT2D eigenvalue weighted by Gasteiger charge is -2.26. The number of pyridine rings is 2. The van der Waals surface area contributed by atoms with Gasteiger partial charge >= 0.3 is 0 Å². The van der Waals surface area contributed by atoms with Gasteiger partial charge in [-0.05, 0) is 44.4 Å². The first-order valence-electron chi connectivity index (χ1n) is 8.95. The van der Waals surface area contributed by atoms with Crippen molar-refractivity contribution in [2.75, 3.05) is 31.6 Å². The van der Waals surface area contributed by atoms with Crippen LogP contribution in [0.15, 0.2) is 30.7 Å². The molecule has 1 N–H and O–H groups in total. The number of nitrogens with one attached hydrogen (secondary N) is 1. The molecule has 0 amide bonds. The molecule has 1 atom stereocenters. The Balaban J connectivity index is 1.49. The monoisotopic (exact) mass is 321 g/mol. The van der Waals surface area contributed by atoms with E-state index in [1.54, 1.807) is 0 Å². The van der Waals surface area contributed by atoms with E-state index in [0.29, 0.717) is 6.04 Å². The number of hydrogen-bond donors (Lipinski definition) is 1. The largest absolute Gasteiger partial charge is 0.369 e. The normalized spacial score (nSPS) is 21.4. The second-order valence-electron chi connectivity index (χ2n) is 7.36. The lowest BCUT2D eigenvalue weighted by molar-refractivity contribution is 0.249. The third kappa shape index (κ3) is 2.35. The standard InChI is InChI=1S/C19H23N5/c1-23(11-13-2-3-13)14-6-9-24(12-14)17-5-8-20-16-10-22-19-15(18(16)17)4-7-21-19/h4-5,7-8,10,13-14,20H,2-3,6,9,11-12H2,1H3. The molecule has 5 heteroatoms. The smallest absolute Gasteiger partial charge is 0.159 e. The molecular weight excluding hydrogens is 298 g/mol. The maximum absolute atomic E-state index is 4.45. The quantitative estimate of drug-likeness (QED) is 0.802. The fraction of sp³-hybridized carbons (Fsp3) is 0.474. The Morgan fingerprint density at radius 1 is 1.25 bits per heavy atom. The SMILES string of the molecule is CN(CC1CC1)C1CCN(c2cc[nH]c3cnc4nccc4c23)C1. The number of nitrogens with zero attached hydrogens (tertiary/aromatic N) is 4. The molecule has 1 aliphatic carbocycles. The molecule has 5 nitrogen and oxygen atoms in total. The van der Waals surface area contributed by atoms with E-state index in [1.807, 2.05) is 18.6 Å². The van der Waals surface area contributed by atoms with Crippen LogP contribution >= 0.6 is 0 Å². The molecule has 0 spiro atoms. The van der Waals surface area contributed by atoms with E-state index in [-0.39, 0.29) is 0 Å². The molecule has 0 bridgehead atoms. The highest BCUT2D eigenvalue weighted by Crippen LogP contribution is 2.34. The zero-order chi connectivity index (χ0) is 16.1. The van der Waals surface area contributed by atoms with Crippen LogP contribution in [0.5, 0.6) is 0 Å². The number of fused-ring (bicyclic) bond motifs is 3. The topological polar surface area (TPSA) is 48.0 Å². The highest BCUT2D eigenvalue weighted by atomic mass is 15.2. The van der Waals surface area contributed by atoms with Crippen LogP contribution in [0.2, 0.25) is 0 Å². The molecule has 0 aromatic carbocycles. The number of hydrogen-bond acceptors (Lipinski definition) is 4. The van der Waals surface area contributed by atoms with Crippen LogP contribution in [0.25, 0.3) is 21.9 Å². The van der Waals surface area contributed by atoms with Crippen molar-refractivity contribution in [3.8, 4) is 0 Å². The van der Waals surface area contributed by atoms with Crippen molar-refractivity contribution in [1.29, 1.82) is 0 Å². The van der Waals surface area contributed by atoms with Crippen molar-refractivity contribution in [1.82, 2.24) is 19.9 Å². The molecule has 5 rings (SSSR count). The van der Waals surface area contributed by atoms with E-state index in [2.05, 4.69) is 43.9 Å². The summed E-state index contributed by atoms with van der Waals surface area (Å²) in [6, 6.07) is 4.95. The van der Waals surface area contributed by atoms with Crippen molar-refractivity contribution in [2.24, 2.45) is 5.92 Å². The lowest BCUT2D eigenvalue weighted by atomic mass is 10.1. The molecule has 4 heterocycles. The van der Waals surface area contributed by atoms with Gasteiger partial charge in [0.05, 0.1) is 11.7 Å². The minimum absolute atomic E-state index is 0.667. The summed E-state index contributed by atoms with van der Waals surface area (Å²) in [7, 11) is 2.30. The number of aromatic nitrogens is 3. The van der Waals surface area contributed by atoms with Gasteiger partial charge in [0.2, 0.25) is 0 Å². The Kier molecular flexibility index (Phi) is 3.23. The van der Waals surface area contributed by atoms with Gasteiger partial charge < -0.3 is 14.8 Å². The molecule has 124 valence electrons. The molecular formula is C19H23N5. The van der Waals surface area contributed by atoms with Crippen molar-refractivity contribution in [3.63, 3.8) is 0 Å². The third-order valence-electron chi connectivity index (χ3n) is 5.64. The van der Waals surface area contributed by atoms with Gasteiger partial charge in [0.25, 0.3) is 0 Å². The summed E-state index contributed by atoms with van der Waals surface area (Å²) >= 11 is 0. The van der Waals surface area contributed by atoms with Gasteiger partial charge in [-0.15, -0.1) is 0 Å². The van der Waals surface area contributed by atoms with Gasteiger partial charge in [-0.2, -0.15) is 0 Å². The Morgan fingerprint density at radius 2 is 2.17 bits per heavy atom. The fourth-order valence-electron chi connectivity index (χ4n) is 4.08. The number of likely N-dealkylation sites (N-methyl/N-ethyl adjacent to an activating group) is 1. The van der Waals surface area contributed by atoms with E-state index in [0.717, 1.165) is 35.6 Å². The molecule has 1 saturated heterocycles. The first kappa shape index (κ1) is 14.2. The molecule has 0 radical (unpaired) electrons. The Bertz CT molecular complexity index is 882. The van der Waals surface area contributed by atoms with Gasteiger partial charge in [-0.3, -0.25) is 0 Å². The molecule has 1 saturated carbocycles. The highest BCUT2D eigenvalue weighted by Gasteiger charge is 2.31. The molecule has 2 aliphatic rings. The minimum Gasteiger partial charge on any atom is -0.369 e. The maximum Gasteiger partial charge on any atom is 0.159 e. The molecule has 24 heavy (non-hydrogen) atoms. The lowest BCUT2D eigenvalue weighted by Crippen LogP contribution is -2.35. The summed E-state index contributed by atoms with van der Waals surface area (Å²) in [6.07, 6.45) is 9.88. The van der Waals surface area contributed by atoms with Crippen LogP contribution in [0, 0.1) is 5.92 Å². The average Bonchev–Trinajstić information content (AvgIpc) is 3.12. The molecule has 3 aromatic rings. The second-order valence-corrected chi connectivity index (χ2v) is 7.36. The molecule has 1 unspecified atom stereocenters. The first-order valence-corrected chi connectivity index (χ1v) is 8.95. The van der Waals surface area contributed by atoms with Crippen LogP contribution in [-0.4, -0.2) is 52.6 Å². The number of anilines is 1. The molecule has 2 fully saturated rings. The highest BCUT2D eigenvalue weighted by molar-refractivity contribution is 6.10. The maximum atomic E-state index is 4.45. The van der Waals surface area contributed by atoms with Crippen molar-refractivity contribution >= 4 is 27.6 Å². The summed E-state index contributed by atoms with van der Waals surface area (Å²) in [5.74, 6) is 0.956. The van der Waals surface area contributed by atoms with E-state index in [9.17, 15) is 0 Å². The summed E-state index contributed by atoms with van der Waals surface area (Å²) in [6.45, 7) is 3.50. The van der Waals surface area contributed by atoms with E-state index in [1.165, 1.54) is 36.9 Å². The Labute approximate surface area is 141 Å². The Morgan fingerprint density at radius 3 is 3.04 bits per heavy atom. The summed E-state index contributed by atoms with van der Waals surface area (Å²) < 4.78 is 0. The van der Waals surface area contributed by atoms with Gasteiger partial charge in [-0.25, -0.2) is 9.97 Å². The van der Waals surface area contributed by atoms with Gasteiger partial charge in [-0.1, -0.05) is 0 Å². The minimum atomic E-state index is 0.667. The molecule has 3 aromatic heterocycles. The molecule has 1 aliphatic heterocycles. The van der Waals surface area contributed by atoms with Crippen molar-refractivity contribution in [2.45, 2.75) is 25.3 Å².